The standard InChI is InChI=1S/C16H24N6O/c1-20(2)9-6-8-17-16(23)14-11-13(12-22(14)4)18-19-15-7-5-10-21(15)3/h5,7,10-12H,6,8-9H2,1-4H3,(H,17,23). The number of carbonyl (C=O) groups is 1. The zero-order valence-electron chi connectivity index (χ0n) is 14.2. The number of amides is 1. The van der Waals surface area contributed by atoms with Gasteiger partial charge in [0, 0.05) is 33.0 Å². The molecule has 0 radical (unpaired) electrons. The Hall–Kier alpha value is -2.41. The van der Waals surface area contributed by atoms with E-state index >= 15 is 0 Å². The molecule has 2 aromatic heterocycles. The average Bonchev–Trinajstić information content (AvgIpc) is 3.07. The van der Waals surface area contributed by atoms with Gasteiger partial charge >= 0.3 is 0 Å². The summed E-state index contributed by atoms with van der Waals surface area (Å²) in [4.78, 5) is 14.3. The van der Waals surface area contributed by atoms with Crippen molar-refractivity contribution in [2.24, 2.45) is 24.3 Å². The Balaban J connectivity index is 1.96. The molecule has 2 heterocycles. The van der Waals surface area contributed by atoms with E-state index < -0.39 is 0 Å². The Morgan fingerprint density at radius 3 is 2.70 bits per heavy atom. The molecular weight excluding hydrogens is 292 g/mol. The number of aryl methyl sites for hydroxylation is 2. The van der Waals surface area contributed by atoms with Crippen LogP contribution in [0.4, 0.5) is 11.5 Å². The van der Waals surface area contributed by atoms with Crippen molar-refractivity contribution in [3.05, 3.63) is 36.3 Å². The number of nitrogens with one attached hydrogen (secondary N) is 1. The molecule has 2 rings (SSSR count). The lowest BCUT2D eigenvalue weighted by Crippen LogP contribution is -2.28. The summed E-state index contributed by atoms with van der Waals surface area (Å²) in [5.41, 5.74) is 1.24. The summed E-state index contributed by atoms with van der Waals surface area (Å²) in [5.74, 6) is 0.676. The third-order valence-corrected chi connectivity index (χ3v) is 3.48. The number of carbonyl (C=O) groups excluding carboxylic acids is 1. The van der Waals surface area contributed by atoms with Gasteiger partial charge in [0.1, 0.15) is 11.4 Å². The van der Waals surface area contributed by atoms with Gasteiger partial charge in [-0.2, -0.15) is 0 Å². The maximum atomic E-state index is 12.2. The summed E-state index contributed by atoms with van der Waals surface area (Å²) in [6, 6.07) is 5.53. The van der Waals surface area contributed by atoms with E-state index in [-0.39, 0.29) is 5.91 Å². The van der Waals surface area contributed by atoms with Crippen molar-refractivity contribution in [3.8, 4) is 0 Å². The number of rotatable bonds is 7. The van der Waals surface area contributed by atoms with Crippen molar-refractivity contribution < 1.29 is 4.79 Å². The normalized spacial score (nSPS) is 11.5. The second-order valence-electron chi connectivity index (χ2n) is 5.78. The molecule has 7 nitrogen and oxygen atoms in total. The van der Waals surface area contributed by atoms with Crippen LogP contribution in [0.5, 0.6) is 0 Å². The largest absolute Gasteiger partial charge is 0.351 e. The van der Waals surface area contributed by atoms with Crippen LogP contribution in [0.15, 0.2) is 40.8 Å². The van der Waals surface area contributed by atoms with Gasteiger partial charge in [-0.1, -0.05) is 0 Å². The second kappa shape index (κ2) is 7.73. The van der Waals surface area contributed by atoms with Gasteiger partial charge in [0.15, 0.2) is 5.82 Å². The van der Waals surface area contributed by atoms with Crippen LogP contribution in [0.1, 0.15) is 16.9 Å². The van der Waals surface area contributed by atoms with E-state index in [1.807, 2.05) is 51.1 Å². The lowest BCUT2D eigenvalue weighted by molar-refractivity contribution is 0.0944. The molecule has 0 fully saturated rings. The highest BCUT2D eigenvalue weighted by Crippen LogP contribution is 2.20. The highest BCUT2D eigenvalue weighted by molar-refractivity contribution is 5.93. The van der Waals surface area contributed by atoms with Crippen LogP contribution < -0.4 is 5.32 Å². The van der Waals surface area contributed by atoms with Gasteiger partial charge in [0.05, 0.1) is 0 Å². The number of azo groups is 1. The van der Waals surface area contributed by atoms with Gasteiger partial charge < -0.3 is 19.4 Å². The average molecular weight is 316 g/mol. The van der Waals surface area contributed by atoms with Crippen LogP contribution in [0.3, 0.4) is 0 Å². The van der Waals surface area contributed by atoms with Crippen molar-refractivity contribution in [2.45, 2.75) is 6.42 Å². The van der Waals surface area contributed by atoms with Gasteiger partial charge in [-0.15, -0.1) is 10.2 Å². The summed E-state index contributed by atoms with van der Waals surface area (Å²) in [5, 5.41) is 11.3. The Kier molecular flexibility index (Phi) is 5.70. The third kappa shape index (κ3) is 4.79. The summed E-state index contributed by atoms with van der Waals surface area (Å²) in [6.07, 6.45) is 4.62. The molecule has 0 saturated heterocycles. The molecule has 0 aromatic carbocycles. The number of hydrogen-bond donors (Lipinski definition) is 1. The zero-order chi connectivity index (χ0) is 16.8. The quantitative estimate of drug-likeness (QED) is 0.630. The van der Waals surface area contributed by atoms with Crippen LogP contribution in [0, 0.1) is 0 Å². The molecule has 0 spiro atoms. The van der Waals surface area contributed by atoms with Crippen LogP contribution in [-0.4, -0.2) is 47.1 Å². The van der Waals surface area contributed by atoms with Crippen LogP contribution >= 0.6 is 0 Å². The number of nitrogens with zero attached hydrogens (tertiary/aromatic N) is 5. The highest BCUT2D eigenvalue weighted by atomic mass is 16.1. The van der Waals surface area contributed by atoms with Crippen molar-refractivity contribution in [2.75, 3.05) is 27.2 Å². The maximum absolute atomic E-state index is 12.2. The van der Waals surface area contributed by atoms with E-state index in [0.29, 0.717) is 17.9 Å². The Morgan fingerprint density at radius 1 is 1.26 bits per heavy atom. The predicted octanol–water partition coefficient (Wildman–Crippen LogP) is 2.46. The summed E-state index contributed by atoms with van der Waals surface area (Å²) in [6.45, 7) is 1.60. The molecule has 2 aromatic rings. The summed E-state index contributed by atoms with van der Waals surface area (Å²) in [7, 11) is 7.77. The van der Waals surface area contributed by atoms with Gasteiger partial charge in [0.2, 0.25) is 0 Å². The minimum absolute atomic E-state index is 0.0911. The third-order valence-electron chi connectivity index (χ3n) is 3.48. The lowest BCUT2D eigenvalue weighted by Gasteiger charge is -2.10. The molecule has 1 amide bonds. The van der Waals surface area contributed by atoms with E-state index in [1.54, 1.807) is 16.8 Å². The first kappa shape index (κ1) is 17.0. The van der Waals surface area contributed by atoms with E-state index in [4.69, 9.17) is 0 Å². The Morgan fingerprint density at radius 2 is 2.04 bits per heavy atom. The zero-order valence-corrected chi connectivity index (χ0v) is 14.2. The molecule has 23 heavy (non-hydrogen) atoms. The number of aromatic nitrogens is 2. The number of hydrogen-bond acceptors (Lipinski definition) is 4. The fourth-order valence-electron chi connectivity index (χ4n) is 2.18. The smallest absolute Gasteiger partial charge is 0.267 e. The summed E-state index contributed by atoms with van der Waals surface area (Å²) < 4.78 is 3.64. The fourth-order valence-corrected chi connectivity index (χ4v) is 2.18. The van der Waals surface area contributed by atoms with Gasteiger partial charge in [-0.25, -0.2) is 0 Å². The van der Waals surface area contributed by atoms with Crippen molar-refractivity contribution in [3.63, 3.8) is 0 Å². The topological polar surface area (TPSA) is 66.9 Å². The van der Waals surface area contributed by atoms with Gasteiger partial charge in [-0.3, -0.25) is 4.79 Å². The fraction of sp³-hybridized carbons (Fsp3) is 0.438. The molecule has 0 atom stereocenters. The molecule has 7 heteroatoms. The first-order valence-corrected chi connectivity index (χ1v) is 7.59. The first-order chi connectivity index (χ1) is 11.0. The molecule has 0 bridgehead atoms. The molecule has 124 valence electrons. The molecule has 0 saturated carbocycles. The van der Waals surface area contributed by atoms with Crippen molar-refractivity contribution >= 4 is 17.4 Å². The van der Waals surface area contributed by atoms with Crippen LogP contribution in [-0.2, 0) is 14.1 Å². The summed E-state index contributed by atoms with van der Waals surface area (Å²) >= 11 is 0. The monoisotopic (exact) mass is 316 g/mol. The van der Waals surface area contributed by atoms with Crippen LogP contribution in [0.25, 0.3) is 0 Å². The SMILES string of the molecule is CN(C)CCCNC(=O)c1cc(N=Nc2cccn2C)cn1C. The maximum Gasteiger partial charge on any atom is 0.267 e. The highest BCUT2D eigenvalue weighted by Gasteiger charge is 2.11. The van der Waals surface area contributed by atoms with Crippen molar-refractivity contribution in [1.82, 2.24) is 19.4 Å². The van der Waals surface area contributed by atoms with Crippen LogP contribution in [0.2, 0.25) is 0 Å². The molecule has 1 N–H and O–H groups in total. The van der Waals surface area contributed by atoms with E-state index in [9.17, 15) is 4.79 Å². The molecule has 0 unspecified atom stereocenters. The first-order valence-electron chi connectivity index (χ1n) is 7.59. The molecular formula is C16H24N6O. The minimum atomic E-state index is -0.0911. The second-order valence-corrected chi connectivity index (χ2v) is 5.78. The van der Waals surface area contributed by atoms with Gasteiger partial charge in [-0.05, 0) is 45.3 Å². The minimum Gasteiger partial charge on any atom is -0.351 e. The Bertz CT molecular complexity index is 683. The Labute approximate surface area is 136 Å². The van der Waals surface area contributed by atoms with Crippen molar-refractivity contribution in [1.29, 1.82) is 0 Å². The van der Waals surface area contributed by atoms with E-state index in [1.165, 1.54) is 0 Å². The van der Waals surface area contributed by atoms with E-state index in [0.717, 1.165) is 18.8 Å². The lowest BCUT2D eigenvalue weighted by atomic mass is 10.3. The molecule has 0 aliphatic heterocycles. The van der Waals surface area contributed by atoms with E-state index in [2.05, 4.69) is 20.4 Å². The van der Waals surface area contributed by atoms with Gasteiger partial charge in [0.25, 0.3) is 5.91 Å². The molecule has 0 aliphatic rings. The molecule has 0 aliphatic carbocycles. The predicted molar refractivity (Wildman–Crippen MR) is 90.5 cm³/mol.